The van der Waals surface area contributed by atoms with Crippen molar-refractivity contribution < 1.29 is 15.0 Å². The Morgan fingerprint density at radius 1 is 0.270 bits per heavy atom. The maximum atomic E-state index is 12.6. The summed E-state index contributed by atoms with van der Waals surface area (Å²) in [6, 6.07) is -0.533. The van der Waals surface area contributed by atoms with E-state index < -0.39 is 12.1 Å². The highest BCUT2D eigenvalue weighted by atomic mass is 16.3. The molecule has 0 saturated carbocycles. The topological polar surface area (TPSA) is 69.6 Å². The highest BCUT2D eigenvalue weighted by molar-refractivity contribution is 5.76. The minimum Gasteiger partial charge on any atom is -0.394 e. The molecule has 0 bridgehead atoms. The van der Waals surface area contributed by atoms with Gasteiger partial charge in [0.25, 0.3) is 0 Å². The number of amides is 1. The summed E-state index contributed by atoms with van der Waals surface area (Å²) in [7, 11) is 0. The van der Waals surface area contributed by atoms with Crippen LogP contribution in [-0.4, -0.2) is 34.9 Å². The summed E-state index contributed by atoms with van der Waals surface area (Å²) in [5.41, 5.74) is 0. The fourth-order valence-corrected chi connectivity index (χ4v) is 11.8. The van der Waals surface area contributed by atoms with Crippen molar-refractivity contribution >= 4 is 5.91 Å². The first kappa shape index (κ1) is 73.4. The van der Waals surface area contributed by atoms with Gasteiger partial charge in [-0.15, -0.1) is 0 Å². The summed E-state index contributed by atoms with van der Waals surface area (Å²) in [6.07, 6.45) is 87.4. The van der Waals surface area contributed by atoms with Gasteiger partial charge in [0.15, 0.2) is 0 Å². The Morgan fingerprint density at radius 2 is 0.432 bits per heavy atom. The van der Waals surface area contributed by atoms with Gasteiger partial charge in [-0.25, -0.2) is 0 Å². The van der Waals surface area contributed by atoms with Crippen molar-refractivity contribution in [3.05, 3.63) is 0 Å². The van der Waals surface area contributed by atoms with Crippen molar-refractivity contribution in [1.29, 1.82) is 0 Å². The molecule has 0 aromatic heterocycles. The zero-order valence-corrected chi connectivity index (χ0v) is 51.4. The van der Waals surface area contributed by atoms with Crippen LogP contribution in [0.4, 0.5) is 0 Å². The number of hydrogen-bond donors (Lipinski definition) is 3. The number of aliphatic hydroxyl groups excluding tert-OH is 2. The van der Waals surface area contributed by atoms with Crippen LogP contribution in [0, 0.1) is 0 Å². The van der Waals surface area contributed by atoms with Crippen molar-refractivity contribution in [2.45, 2.75) is 437 Å². The summed E-state index contributed by atoms with van der Waals surface area (Å²) >= 11 is 0. The Morgan fingerprint density at radius 3 is 0.608 bits per heavy atom. The Bertz CT molecular complexity index is 1000. The maximum Gasteiger partial charge on any atom is 0.220 e. The fraction of sp³-hybridized carbons (Fsp3) is 0.986. The molecule has 4 nitrogen and oxygen atoms in total. The van der Waals surface area contributed by atoms with Crippen LogP contribution in [0.15, 0.2) is 0 Å². The van der Waals surface area contributed by atoms with Crippen LogP contribution in [0.25, 0.3) is 0 Å². The maximum absolute atomic E-state index is 12.6. The van der Waals surface area contributed by atoms with Crippen LogP contribution in [0.2, 0.25) is 0 Å². The zero-order chi connectivity index (χ0) is 53.4. The van der Waals surface area contributed by atoms with E-state index in [2.05, 4.69) is 19.2 Å². The molecular formula is C70H141NO3. The van der Waals surface area contributed by atoms with Crippen molar-refractivity contribution in [3.63, 3.8) is 0 Å². The van der Waals surface area contributed by atoms with E-state index in [1.165, 1.54) is 372 Å². The molecule has 2 unspecified atom stereocenters. The largest absolute Gasteiger partial charge is 0.394 e. The van der Waals surface area contributed by atoms with Gasteiger partial charge >= 0.3 is 0 Å². The third kappa shape index (κ3) is 62.2. The Kier molecular flexibility index (Phi) is 66.1. The summed E-state index contributed by atoms with van der Waals surface area (Å²) in [4.78, 5) is 12.6. The lowest BCUT2D eigenvalue weighted by atomic mass is 10.0. The van der Waals surface area contributed by atoms with Crippen molar-refractivity contribution in [2.75, 3.05) is 6.61 Å². The molecule has 0 spiro atoms. The molecule has 0 radical (unpaired) electrons. The molecule has 74 heavy (non-hydrogen) atoms. The lowest BCUT2D eigenvalue weighted by Gasteiger charge is -2.22. The molecule has 1 amide bonds. The second-order valence-electron chi connectivity index (χ2n) is 24.7. The van der Waals surface area contributed by atoms with Crippen molar-refractivity contribution in [1.82, 2.24) is 5.32 Å². The molecule has 2 atom stereocenters. The standard InChI is InChI=1S/C70H141NO3/c1-3-5-7-9-11-13-15-17-19-21-23-25-27-29-31-33-34-35-36-38-40-42-44-46-48-50-52-54-56-58-60-62-64-66-70(74)71-68(67-72)69(73)65-63-61-59-57-55-53-51-49-47-45-43-41-39-37-32-30-28-26-24-22-20-18-16-14-12-10-8-6-4-2/h68-69,72-73H,3-67H2,1-2H3,(H,71,74). The molecule has 0 aromatic rings. The van der Waals surface area contributed by atoms with Crippen LogP contribution in [0.5, 0.6) is 0 Å². The molecule has 0 heterocycles. The Hall–Kier alpha value is -0.610. The van der Waals surface area contributed by atoms with E-state index in [-0.39, 0.29) is 12.5 Å². The third-order valence-electron chi connectivity index (χ3n) is 17.1. The van der Waals surface area contributed by atoms with Gasteiger partial charge in [-0.3, -0.25) is 4.79 Å². The molecule has 0 rings (SSSR count). The Balaban J connectivity index is 3.35. The number of hydrogen-bond acceptors (Lipinski definition) is 3. The lowest BCUT2D eigenvalue weighted by molar-refractivity contribution is -0.123. The van der Waals surface area contributed by atoms with Crippen molar-refractivity contribution in [3.8, 4) is 0 Å². The number of rotatable bonds is 67. The predicted molar refractivity (Wildman–Crippen MR) is 332 cm³/mol. The van der Waals surface area contributed by atoms with E-state index >= 15 is 0 Å². The van der Waals surface area contributed by atoms with E-state index in [0.29, 0.717) is 12.8 Å². The average Bonchev–Trinajstić information content (AvgIpc) is 3.40. The first-order chi connectivity index (χ1) is 36.7. The monoisotopic (exact) mass is 1040 g/mol. The minimum atomic E-state index is -0.656. The summed E-state index contributed by atoms with van der Waals surface area (Å²) < 4.78 is 0. The molecule has 0 saturated heterocycles. The van der Waals surface area contributed by atoms with Gasteiger partial charge in [-0.1, -0.05) is 406 Å². The first-order valence-corrected chi connectivity index (χ1v) is 35.2. The van der Waals surface area contributed by atoms with Crippen LogP contribution in [-0.2, 0) is 4.79 Å². The van der Waals surface area contributed by atoms with E-state index in [1.54, 1.807) is 0 Å². The molecule has 4 heteroatoms. The summed E-state index contributed by atoms with van der Waals surface area (Å²) in [6.45, 7) is 4.42. The quantitative estimate of drug-likeness (QED) is 0.0532. The number of unbranched alkanes of at least 4 members (excludes halogenated alkanes) is 60. The first-order valence-electron chi connectivity index (χ1n) is 35.2. The summed E-state index contributed by atoms with van der Waals surface area (Å²) in [5.74, 6) is -0.0191. The molecule has 0 fully saturated rings. The molecule has 0 aromatic carbocycles. The number of nitrogens with one attached hydrogen (secondary N) is 1. The minimum absolute atomic E-state index is 0.0191. The number of carbonyl (C=O) groups excluding carboxylic acids is 1. The summed E-state index contributed by atoms with van der Waals surface area (Å²) in [5, 5.41) is 23.5. The van der Waals surface area contributed by atoms with Gasteiger partial charge in [0.05, 0.1) is 18.8 Å². The van der Waals surface area contributed by atoms with Gasteiger partial charge in [-0.2, -0.15) is 0 Å². The molecule has 0 aliphatic rings. The van der Waals surface area contributed by atoms with Gasteiger partial charge in [-0.05, 0) is 12.8 Å². The lowest BCUT2D eigenvalue weighted by Crippen LogP contribution is -2.45. The Labute approximate surface area is 467 Å². The van der Waals surface area contributed by atoms with E-state index in [4.69, 9.17) is 0 Å². The molecular weight excluding hydrogens is 903 g/mol. The van der Waals surface area contributed by atoms with Crippen LogP contribution in [0.1, 0.15) is 425 Å². The molecule has 0 aliphatic carbocycles. The van der Waals surface area contributed by atoms with E-state index in [9.17, 15) is 15.0 Å². The highest BCUT2D eigenvalue weighted by Crippen LogP contribution is 2.20. The van der Waals surface area contributed by atoms with Crippen LogP contribution < -0.4 is 5.32 Å². The smallest absolute Gasteiger partial charge is 0.220 e. The molecule has 0 aliphatic heterocycles. The predicted octanol–water partition coefficient (Wildman–Crippen LogP) is 23.8. The van der Waals surface area contributed by atoms with E-state index in [0.717, 1.165) is 25.7 Å². The normalized spacial score (nSPS) is 12.5. The van der Waals surface area contributed by atoms with Gasteiger partial charge in [0.2, 0.25) is 5.91 Å². The average molecular weight is 1040 g/mol. The SMILES string of the molecule is CCCCCCCCCCCCCCCCCCCCCCCCCCCCCCCCCCCC(=O)NC(CO)C(O)CCCCCCCCCCCCCCCCCCCCCCCCCCCCCCC. The zero-order valence-electron chi connectivity index (χ0n) is 51.4. The van der Waals surface area contributed by atoms with Crippen LogP contribution >= 0.6 is 0 Å². The van der Waals surface area contributed by atoms with Crippen molar-refractivity contribution in [2.24, 2.45) is 0 Å². The van der Waals surface area contributed by atoms with Crippen LogP contribution in [0.3, 0.4) is 0 Å². The highest BCUT2D eigenvalue weighted by Gasteiger charge is 2.20. The van der Waals surface area contributed by atoms with Gasteiger partial charge < -0.3 is 15.5 Å². The second kappa shape index (κ2) is 66.7. The third-order valence-corrected chi connectivity index (χ3v) is 17.1. The number of carbonyl (C=O) groups is 1. The van der Waals surface area contributed by atoms with Gasteiger partial charge in [0.1, 0.15) is 0 Å². The fourth-order valence-electron chi connectivity index (χ4n) is 11.8. The molecule has 3 N–H and O–H groups in total. The van der Waals surface area contributed by atoms with E-state index in [1.807, 2.05) is 0 Å². The molecule has 444 valence electrons. The number of aliphatic hydroxyl groups is 2. The van der Waals surface area contributed by atoms with Gasteiger partial charge in [0, 0.05) is 6.42 Å². The second-order valence-corrected chi connectivity index (χ2v) is 24.7.